The van der Waals surface area contributed by atoms with Gasteiger partial charge in [0.25, 0.3) is 0 Å². The SMILES string of the molecule is COCCNC(=O)CNC(=O)[C@@H]1CCCN1.Cl. The minimum absolute atomic E-state index is 0. The van der Waals surface area contributed by atoms with Gasteiger partial charge in [-0.2, -0.15) is 0 Å². The quantitative estimate of drug-likeness (QED) is 0.541. The van der Waals surface area contributed by atoms with E-state index in [1.54, 1.807) is 7.11 Å². The van der Waals surface area contributed by atoms with Crippen LogP contribution in [0, 0.1) is 0 Å². The van der Waals surface area contributed by atoms with Crippen molar-refractivity contribution in [3.63, 3.8) is 0 Å². The number of hydrogen-bond acceptors (Lipinski definition) is 4. The molecular weight excluding hydrogens is 246 g/mol. The predicted molar refractivity (Wildman–Crippen MR) is 66.2 cm³/mol. The summed E-state index contributed by atoms with van der Waals surface area (Å²) in [6.07, 6.45) is 1.86. The average molecular weight is 266 g/mol. The summed E-state index contributed by atoms with van der Waals surface area (Å²) in [6.45, 7) is 1.84. The first-order valence-electron chi connectivity index (χ1n) is 5.50. The van der Waals surface area contributed by atoms with E-state index in [2.05, 4.69) is 16.0 Å². The fourth-order valence-corrected chi connectivity index (χ4v) is 1.55. The van der Waals surface area contributed by atoms with Gasteiger partial charge in [-0.1, -0.05) is 0 Å². The number of rotatable bonds is 6. The molecule has 1 heterocycles. The van der Waals surface area contributed by atoms with E-state index >= 15 is 0 Å². The van der Waals surface area contributed by atoms with Crippen LogP contribution in [0.4, 0.5) is 0 Å². The lowest BCUT2D eigenvalue weighted by atomic mass is 10.2. The Bertz CT molecular complexity index is 245. The number of hydrogen-bond donors (Lipinski definition) is 3. The highest BCUT2D eigenvalue weighted by Crippen LogP contribution is 2.03. The molecule has 0 aliphatic carbocycles. The van der Waals surface area contributed by atoms with Crippen molar-refractivity contribution in [2.24, 2.45) is 0 Å². The third-order valence-corrected chi connectivity index (χ3v) is 2.43. The number of nitrogens with one attached hydrogen (secondary N) is 3. The number of methoxy groups -OCH3 is 1. The second kappa shape index (κ2) is 9.21. The summed E-state index contributed by atoms with van der Waals surface area (Å²) in [5, 5.41) is 8.30. The van der Waals surface area contributed by atoms with Gasteiger partial charge in [0.1, 0.15) is 0 Å². The van der Waals surface area contributed by atoms with Gasteiger partial charge in [-0.3, -0.25) is 9.59 Å². The van der Waals surface area contributed by atoms with Crippen molar-refractivity contribution in [1.82, 2.24) is 16.0 Å². The van der Waals surface area contributed by atoms with Crippen molar-refractivity contribution in [2.75, 3.05) is 33.4 Å². The molecule has 0 spiro atoms. The summed E-state index contributed by atoms with van der Waals surface area (Å²) in [5.74, 6) is -0.289. The van der Waals surface area contributed by atoms with Gasteiger partial charge in [0.15, 0.2) is 0 Å². The van der Waals surface area contributed by atoms with E-state index in [1.807, 2.05) is 0 Å². The normalized spacial score (nSPS) is 18.3. The summed E-state index contributed by atoms with van der Waals surface area (Å²) >= 11 is 0. The van der Waals surface area contributed by atoms with Gasteiger partial charge < -0.3 is 20.7 Å². The molecule has 0 radical (unpaired) electrons. The van der Waals surface area contributed by atoms with Crippen LogP contribution in [-0.4, -0.2) is 51.2 Å². The molecule has 1 fully saturated rings. The summed E-state index contributed by atoms with van der Waals surface area (Å²) in [4.78, 5) is 22.7. The van der Waals surface area contributed by atoms with E-state index < -0.39 is 0 Å². The molecule has 0 aromatic carbocycles. The van der Waals surface area contributed by atoms with E-state index in [9.17, 15) is 9.59 Å². The molecule has 2 amide bonds. The standard InChI is InChI=1S/C10H19N3O3.ClH/c1-16-6-5-12-9(14)7-13-10(15)8-3-2-4-11-8;/h8,11H,2-7H2,1H3,(H,12,14)(H,13,15);1H/t8-;/m0./s1. The van der Waals surface area contributed by atoms with Crippen LogP contribution in [0.2, 0.25) is 0 Å². The van der Waals surface area contributed by atoms with Crippen LogP contribution in [0.3, 0.4) is 0 Å². The smallest absolute Gasteiger partial charge is 0.239 e. The lowest BCUT2D eigenvalue weighted by Crippen LogP contribution is -2.45. The lowest BCUT2D eigenvalue weighted by Gasteiger charge is -2.10. The third-order valence-electron chi connectivity index (χ3n) is 2.43. The second-order valence-corrected chi connectivity index (χ2v) is 3.71. The Morgan fingerprint density at radius 3 is 2.76 bits per heavy atom. The molecule has 1 saturated heterocycles. The molecule has 17 heavy (non-hydrogen) atoms. The van der Waals surface area contributed by atoms with Crippen molar-refractivity contribution in [3.05, 3.63) is 0 Å². The molecule has 7 heteroatoms. The Hall–Kier alpha value is -0.850. The van der Waals surface area contributed by atoms with E-state index in [1.165, 1.54) is 0 Å². The van der Waals surface area contributed by atoms with Gasteiger partial charge in [-0.25, -0.2) is 0 Å². The highest BCUT2D eigenvalue weighted by atomic mass is 35.5. The van der Waals surface area contributed by atoms with E-state index in [-0.39, 0.29) is 36.8 Å². The van der Waals surface area contributed by atoms with Crippen molar-refractivity contribution in [2.45, 2.75) is 18.9 Å². The van der Waals surface area contributed by atoms with Crippen LogP contribution in [0.15, 0.2) is 0 Å². The van der Waals surface area contributed by atoms with E-state index in [4.69, 9.17) is 4.74 Å². The van der Waals surface area contributed by atoms with Crippen molar-refractivity contribution in [3.8, 4) is 0 Å². The van der Waals surface area contributed by atoms with Crippen LogP contribution in [0.5, 0.6) is 0 Å². The average Bonchev–Trinajstić information content (AvgIpc) is 2.79. The number of carbonyl (C=O) groups excluding carboxylic acids is 2. The zero-order valence-electron chi connectivity index (χ0n) is 9.95. The molecule has 1 aliphatic rings. The van der Waals surface area contributed by atoms with Crippen molar-refractivity contribution in [1.29, 1.82) is 0 Å². The molecule has 3 N–H and O–H groups in total. The number of amides is 2. The first kappa shape index (κ1) is 16.1. The predicted octanol–water partition coefficient (Wildman–Crippen LogP) is -0.961. The van der Waals surface area contributed by atoms with E-state index in [0.29, 0.717) is 13.2 Å². The van der Waals surface area contributed by atoms with Gasteiger partial charge in [0.2, 0.25) is 11.8 Å². The van der Waals surface area contributed by atoms with Crippen LogP contribution in [-0.2, 0) is 14.3 Å². The number of halogens is 1. The van der Waals surface area contributed by atoms with Gasteiger partial charge in [0.05, 0.1) is 19.2 Å². The Labute approximate surface area is 107 Å². The summed E-state index contributed by atoms with van der Waals surface area (Å²) in [5.41, 5.74) is 0. The molecule has 0 saturated carbocycles. The zero-order valence-corrected chi connectivity index (χ0v) is 10.8. The largest absolute Gasteiger partial charge is 0.383 e. The van der Waals surface area contributed by atoms with Crippen LogP contribution < -0.4 is 16.0 Å². The fourth-order valence-electron chi connectivity index (χ4n) is 1.55. The highest BCUT2D eigenvalue weighted by molar-refractivity contribution is 5.87. The van der Waals surface area contributed by atoms with Crippen LogP contribution in [0.1, 0.15) is 12.8 Å². The molecule has 0 unspecified atom stereocenters. The molecule has 6 nitrogen and oxygen atoms in total. The van der Waals surface area contributed by atoms with Gasteiger partial charge in [-0.15, -0.1) is 12.4 Å². The molecule has 100 valence electrons. The maximum atomic E-state index is 11.5. The Balaban J connectivity index is 0.00000256. The summed E-state index contributed by atoms with van der Waals surface area (Å²) < 4.78 is 4.79. The molecule has 1 rings (SSSR count). The van der Waals surface area contributed by atoms with Crippen molar-refractivity contribution < 1.29 is 14.3 Å². The molecule has 0 bridgehead atoms. The maximum absolute atomic E-state index is 11.5. The van der Waals surface area contributed by atoms with Crippen LogP contribution in [0.25, 0.3) is 0 Å². The Kier molecular flexibility index (Phi) is 8.75. The Morgan fingerprint density at radius 2 is 2.18 bits per heavy atom. The monoisotopic (exact) mass is 265 g/mol. The second-order valence-electron chi connectivity index (χ2n) is 3.71. The highest BCUT2D eigenvalue weighted by Gasteiger charge is 2.21. The molecule has 0 aromatic rings. The first-order chi connectivity index (χ1) is 7.74. The number of ether oxygens (including phenoxy) is 1. The molecule has 0 aromatic heterocycles. The lowest BCUT2D eigenvalue weighted by molar-refractivity contribution is -0.127. The van der Waals surface area contributed by atoms with Crippen molar-refractivity contribution >= 4 is 24.2 Å². The van der Waals surface area contributed by atoms with Gasteiger partial charge in [-0.05, 0) is 19.4 Å². The molecule has 1 atom stereocenters. The summed E-state index contributed by atoms with van der Waals surface area (Å²) in [6, 6.07) is -0.133. The maximum Gasteiger partial charge on any atom is 0.239 e. The van der Waals surface area contributed by atoms with E-state index in [0.717, 1.165) is 19.4 Å². The van der Waals surface area contributed by atoms with Gasteiger partial charge in [0, 0.05) is 13.7 Å². The first-order valence-corrected chi connectivity index (χ1v) is 5.50. The van der Waals surface area contributed by atoms with Gasteiger partial charge >= 0.3 is 0 Å². The minimum atomic E-state index is -0.191. The molecular formula is C10H20ClN3O3. The number of carbonyl (C=O) groups is 2. The Morgan fingerprint density at radius 1 is 1.41 bits per heavy atom. The topological polar surface area (TPSA) is 79.5 Å². The fraction of sp³-hybridized carbons (Fsp3) is 0.800. The third kappa shape index (κ3) is 6.45. The summed E-state index contributed by atoms with van der Waals surface area (Å²) in [7, 11) is 1.57. The minimum Gasteiger partial charge on any atom is -0.383 e. The molecule has 1 aliphatic heterocycles. The van der Waals surface area contributed by atoms with Crippen LogP contribution >= 0.6 is 12.4 Å². The zero-order chi connectivity index (χ0) is 11.8.